The Bertz CT molecular complexity index is 89.2. The van der Waals surface area contributed by atoms with Gasteiger partial charge in [-0.05, 0) is 17.8 Å². The van der Waals surface area contributed by atoms with Crippen molar-refractivity contribution in [2.75, 3.05) is 13.7 Å². The van der Waals surface area contributed by atoms with Crippen LogP contribution >= 0.6 is 0 Å². The first kappa shape index (κ1) is 12.0. The predicted molar refractivity (Wildman–Crippen MR) is 54.3 cm³/mol. The number of hydrogen-bond donors (Lipinski definition) is 0. The summed E-state index contributed by atoms with van der Waals surface area (Å²) in [5, 5.41) is 0. The van der Waals surface area contributed by atoms with Crippen LogP contribution in [-0.4, -0.2) is 13.7 Å². The molecule has 0 aliphatic heterocycles. The molecule has 0 heterocycles. The van der Waals surface area contributed by atoms with E-state index in [1.54, 1.807) is 7.11 Å². The van der Waals surface area contributed by atoms with Crippen LogP contribution in [0.5, 0.6) is 0 Å². The Morgan fingerprint density at radius 3 is 2.08 bits per heavy atom. The zero-order chi connectivity index (χ0) is 9.56. The molecule has 0 saturated carbocycles. The van der Waals surface area contributed by atoms with E-state index in [4.69, 9.17) is 4.74 Å². The zero-order valence-electron chi connectivity index (χ0n) is 9.26. The summed E-state index contributed by atoms with van der Waals surface area (Å²) in [7, 11) is 1.79. The van der Waals surface area contributed by atoms with Gasteiger partial charge in [0, 0.05) is 13.7 Å². The second-order valence-corrected chi connectivity index (χ2v) is 4.06. The van der Waals surface area contributed by atoms with Gasteiger partial charge in [-0.1, -0.05) is 40.5 Å². The van der Waals surface area contributed by atoms with Crippen LogP contribution in [-0.2, 0) is 4.74 Å². The molecule has 1 nitrogen and oxygen atoms in total. The Morgan fingerprint density at radius 1 is 1.08 bits per heavy atom. The molecular formula is C11H24O. The van der Waals surface area contributed by atoms with Crippen LogP contribution in [0, 0.1) is 17.8 Å². The molecule has 0 aromatic rings. The molecule has 1 heteroatoms. The maximum Gasteiger partial charge on any atom is 0.0490 e. The normalized spacial score (nSPS) is 18.8. The van der Waals surface area contributed by atoms with Crippen molar-refractivity contribution in [2.45, 2.75) is 40.5 Å². The van der Waals surface area contributed by atoms with E-state index in [9.17, 15) is 0 Å². The van der Waals surface area contributed by atoms with Gasteiger partial charge >= 0.3 is 0 Å². The molecule has 0 aliphatic carbocycles. The SMILES string of the molecule is CCCC(C)C(C)C(C)COC. The Labute approximate surface area is 77.5 Å². The summed E-state index contributed by atoms with van der Waals surface area (Å²) in [6, 6.07) is 0. The molecule has 0 radical (unpaired) electrons. The minimum absolute atomic E-state index is 0.691. The molecule has 3 atom stereocenters. The van der Waals surface area contributed by atoms with Gasteiger partial charge in [-0.3, -0.25) is 0 Å². The minimum atomic E-state index is 0.691. The van der Waals surface area contributed by atoms with Crippen LogP contribution in [0.4, 0.5) is 0 Å². The van der Waals surface area contributed by atoms with Crippen LogP contribution in [0.25, 0.3) is 0 Å². The van der Waals surface area contributed by atoms with Crippen LogP contribution in [0.15, 0.2) is 0 Å². The van der Waals surface area contributed by atoms with Crippen LogP contribution in [0.2, 0.25) is 0 Å². The van der Waals surface area contributed by atoms with Crippen molar-refractivity contribution in [3.05, 3.63) is 0 Å². The first-order valence-corrected chi connectivity index (χ1v) is 5.12. The van der Waals surface area contributed by atoms with Gasteiger partial charge < -0.3 is 4.74 Å². The fraction of sp³-hybridized carbons (Fsp3) is 1.00. The van der Waals surface area contributed by atoms with Crippen molar-refractivity contribution in [2.24, 2.45) is 17.8 Å². The number of hydrogen-bond acceptors (Lipinski definition) is 1. The smallest absolute Gasteiger partial charge is 0.0490 e. The highest BCUT2D eigenvalue weighted by molar-refractivity contribution is 4.67. The molecule has 0 fully saturated rings. The summed E-state index contributed by atoms with van der Waals surface area (Å²) >= 11 is 0. The van der Waals surface area contributed by atoms with Crippen molar-refractivity contribution in [3.63, 3.8) is 0 Å². The average Bonchev–Trinajstić information content (AvgIpc) is 2.04. The topological polar surface area (TPSA) is 9.23 Å². The van der Waals surface area contributed by atoms with Crippen LogP contribution in [0.3, 0.4) is 0 Å². The maximum absolute atomic E-state index is 5.15. The lowest BCUT2D eigenvalue weighted by atomic mass is 9.83. The van der Waals surface area contributed by atoms with Crippen LogP contribution in [0.1, 0.15) is 40.5 Å². The van der Waals surface area contributed by atoms with E-state index in [-0.39, 0.29) is 0 Å². The lowest BCUT2D eigenvalue weighted by Gasteiger charge is -2.25. The standard InChI is InChI=1S/C11H24O/c1-6-7-9(2)11(4)10(3)8-12-5/h9-11H,6-8H2,1-5H3. The Kier molecular flexibility index (Phi) is 6.45. The molecule has 0 saturated heterocycles. The molecule has 0 bridgehead atoms. The third kappa shape index (κ3) is 4.10. The van der Waals surface area contributed by atoms with Gasteiger partial charge in [0.05, 0.1) is 0 Å². The summed E-state index contributed by atoms with van der Waals surface area (Å²) in [5.74, 6) is 2.31. The van der Waals surface area contributed by atoms with E-state index in [1.807, 2.05) is 0 Å². The molecular weight excluding hydrogens is 148 g/mol. The van der Waals surface area contributed by atoms with Gasteiger partial charge in [0.2, 0.25) is 0 Å². The molecule has 12 heavy (non-hydrogen) atoms. The third-order valence-electron chi connectivity index (χ3n) is 2.97. The largest absolute Gasteiger partial charge is 0.384 e. The molecule has 3 unspecified atom stereocenters. The first-order valence-electron chi connectivity index (χ1n) is 5.12. The monoisotopic (exact) mass is 172 g/mol. The van der Waals surface area contributed by atoms with Gasteiger partial charge in [-0.15, -0.1) is 0 Å². The average molecular weight is 172 g/mol. The lowest BCUT2D eigenvalue weighted by Crippen LogP contribution is -2.20. The molecule has 0 spiro atoms. The summed E-state index contributed by atoms with van der Waals surface area (Å²) in [6.07, 6.45) is 2.64. The fourth-order valence-corrected chi connectivity index (χ4v) is 1.69. The van der Waals surface area contributed by atoms with Gasteiger partial charge in [-0.2, -0.15) is 0 Å². The molecule has 0 aliphatic rings. The highest BCUT2D eigenvalue weighted by atomic mass is 16.5. The summed E-state index contributed by atoms with van der Waals surface area (Å²) < 4.78 is 5.15. The second-order valence-electron chi connectivity index (χ2n) is 4.06. The quantitative estimate of drug-likeness (QED) is 0.597. The van der Waals surface area contributed by atoms with E-state index in [0.717, 1.165) is 18.4 Å². The molecule has 0 rings (SSSR count). The molecule has 74 valence electrons. The fourth-order valence-electron chi connectivity index (χ4n) is 1.69. The predicted octanol–water partition coefficient (Wildman–Crippen LogP) is 3.34. The molecule has 0 aromatic heterocycles. The lowest BCUT2D eigenvalue weighted by molar-refractivity contribution is 0.114. The Balaban J connectivity index is 3.73. The van der Waals surface area contributed by atoms with Gasteiger partial charge in [-0.25, -0.2) is 0 Å². The van der Waals surface area contributed by atoms with Gasteiger partial charge in [0.25, 0.3) is 0 Å². The van der Waals surface area contributed by atoms with E-state index >= 15 is 0 Å². The summed E-state index contributed by atoms with van der Waals surface area (Å²) in [4.78, 5) is 0. The van der Waals surface area contributed by atoms with Gasteiger partial charge in [0.1, 0.15) is 0 Å². The Morgan fingerprint density at radius 2 is 1.67 bits per heavy atom. The molecule has 0 N–H and O–H groups in total. The van der Waals surface area contributed by atoms with E-state index in [0.29, 0.717) is 5.92 Å². The number of rotatable bonds is 6. The number of ether oxygens (including phenoxy) is 1. The number of methoxy groups -OCH3 is 1. The molecule has 0 amide bonds. The van der Waals surface area contributed by atoms with Crippen molar-refractivity contribution in [3.8, 4) is 0 Å². The second kappa shape index (κ2) is 6.47. The minimum Gasteiger partial charge on any atom is -0.384 e. The summed E-state index contributed by atoms with van der Waals surface area (Å²) in [6.45, 7) is 10.1. The van der Waals surface area contributed by atoms with Crippen molar-refractivity contribution < 1.29 is 4.74 Å². The molecule has 0 aromatic carbocycles. The van der Waals surface area contributed by atoms with Crippen LogP contribution < -0.4 is 0 Å². The van der Waals surface area contributed by atoms with Crippen molar-refractivity contribution in [1.29, 1.82) is 0 Å². The highest BCUT2D eigenvalue weighted by Gasteiger charge is 2.17. The first-order chi connectivity index (χ1) is 5.63. The van der Waals surface area contributed by atoms with E-state index in [1.165, 1.54) is 12.8 Å². The highest BCUT2D eigenvalue weighted by Crippen LogP contribution is 2.24. The van der Waals surface area contributed by atoms with E-state index in [2.05, 4.69) is 27.7 Å². The third-order valence-corrected chi connectivity index (χ3v) is 2.97. The van der Waals surface area contributed by atoms with Gasteiger partial charge in [0.15, 0.2) is 0 Å². The summed E-state index contributed by atoms with van der Waals surface area (Å²) in [5.41, 5.74) is 0. The maximum atomic E-state index is 5.15. The zero-order valence-corrected chi connectivity index (χ0v) is 9.26. The van der Waals surface area contributed by atoms with Crippen molar-refractivity contribution >= 4 is 0 Å². The van der Waals surface area contributed by atoms with Crippen molar-refractivity contribution in [1.82, 2.24) is 0 Å². The van der Waals surface area contributed by atoms with E-state index < -0.39 is 0 Å². The Hall–Kier alpha value is -0.0400.